The highest BCUT2D eigenvalue weighted by Crippen LogP contribution is 2.13. The Balaban J connectivity index is 1.97. The quantitative estimate of drug-likeness (QED) is 0.602. The number of amides is 1. The summed E-state index contributed by atoms with van der Waals surface area (Å²) in [6.45, 7) is 1.67. The van der Waals surface area contributed by atoms with Crippen LogP contribution >= 0.6 is 11.3 Å². The number of benzene rings is 2. The summed E-state index contributed by atoms with van der Waals surface area (Å²) in [7, 11) is 1.58. The van der Waals surface area contributed by atoms with Gasteiger partial charge in [-0.2, -0.15) is 5.26 Å². The van der Waals surface area contributed by atoms with Crippen molar-refractivity contribution in [1.29, 1.82) is 5.26 Å². The van der Waals surface area contributed by atoms with Crippen molar-refractivity contribution in [3.63, 3.8) is 0 Å². The van der Waals surface area contributed by atoms with Gasteiger partial charge in [-0.05, 0) is 35.9 Å². The number of rotatable bonds is 4. The Hall–Kier alpha value is -3.67. The van der Waals surface area contributed by atoms with E-state index < -0.39 is 5.91 Å². The van der Waals surface area contributed by atoms with E-state index in [-0.39, 0.29) is 11.1 Å². The van der Waals surface area contributed by atoms with E-state index in [1.807, 2.05) is 48.5 Å². The molecule has 8 heteroatoms. The Morgan fingerprint density at radius 1 is 1.16 bits per heavy atom. The number of carbonyl (C=O) groups excluding carboxylic acids is 1. The molecule has 0 radical (unpaired) electrons. The summed E-state index contributed by atoms with van der Waals surface area (Å²) >= 11 is 1.13. The van der Waals surface area contributed by atoms with E-state index in [0.29, 0.717) is 46.9 Å². The van der Waals surface area contributed by atoms with Crippen molar-refractivity contribution in [2.24, 2.45) is 0 Å². The first-order valence-electron chi connectivity index (χ1n) is 10.1. The van der Waals surface area contributed by atoms with Gasteiger partial charge in [0.2, 0.25) is 0 Å². The molecule has 1 saturated heterocycles. The number of morpholine rings is 1. The third-order valence-corrected chi connectivity index (χ3v) is 6.16. The molecule has 1 aliphatic heterocycles. The van der Waals surface area contributed by atoms with Crippen LogP contribution in [0.1, 0.15) is 5.56 Å². The number of nitriles is 1. The zero-order chi connectivity index (χ0) is 22.5. The van der Waals surface area contributed by atoms with Crippen molar-refractivity contribution in [3.8, 4) is 17.5 Å². The minimum absolute atomic E-state index is 0.0526. The van der Waals surface area contributed by atoms with Gasteiger partial charge < -0.3 is 14.4 Å². The van der Waals surface area contributed by atoms with Crippen LogP contribution in [0.3, 0.4) is 0 Å². The zero-order valence-electron chi connectivity index (χ0n) is 17.5. The normalized spacial score (nSPS) is 15.2. The summed E-state index contributed by atoms with van der Waals surface area (Å²) in [5.41, 5.74) is 1.04. The number of aromatic nitrogens is 1. The lowest BCUT2D eigenvalue weighted by atomic mass is 10.2. The fraction of sp³-hybridized carbons (Fsp3) is 0.208. The van der Waals surface area contributed by atoms with Crippen LogP contribution in [0.25, 0.3) is 17.3 Å². The monoisotopic (exact) mass is 447 g/mol. The first-order valence-corrected chi connectivity index (χ1v) is 10.9. The molecule has 0 bridgehead atoms. The molecule has 3 aromatic rings. The third kappa shape index (κ3) is 4.35. The van der Waals surface area contributed by atoms with Crippen molar-refractivity contribution in [2.75, 3.05) is 33.4 Å². The van der Waals surface area contributed by atoms with Gasteiger partial charge in [-0.1, -0.05) is 30.3 Å². The SMILES string of the molecule is COc1cccc(/C=c2\s/c(=C(/C#N)C(=O)N3CCOCC3)n(-c3ccccc3)c2=O)c1. The van der Waals surface area contributed by atoms with Crippen molar-refractivity contribution >= 4 is 28.9 Å². The molecule has 0 atom stereocenters. The molecule has 32 heavy (non-hydrogen) atoms. The van der Waals surface area contributed by atoms with Gasteiger partial charge in [0.1, 0.15) is 16.5 Å². The van der Waals surface area contributed by atoms with Gasteiger partial charge in [0.05, 0.1) is 30.5 Å². The minimum Gasteiger partial charge on any atom is -0.497 e. The number of para-hydroxylation sites is 1. The molecule has 0 saturated carbocycles. The Morgan fingerprint density at radius 2 is 1.91 bits per heavy atom. The highest BCUT2D eigenvalue weighted by Gasteiger charge is 2.23. The molecule has 1 aromatic heterocycles. The molecule has 4 rings (SSSR count). The van der Waals surface area contributed by atoms with Crippen LogP contribution in [0, 0.1) is 11.3 Å². The first kappa shape index (κ1) is 21.6. The van der Waals surface area contributed by atoms with Gasteiger partial charge in [0.25, 0.3) is 11.5 Å². The zero-order valence-corrected chi connectivity index (χ0v) is 18.3. The van der Waals surface area contributed by atoms with E-state index in [4.69, 9.17) is 9.47 Å². The molecular weight excluding hydrogens is 426 g/mol. The molecule has 0 spiro atoms. The lowest BCUT2D eigenvalue weighted by Crippen LogP contribution is -2.42. The number of carbonyl (C=O) groups is 1. The van der Waals surface area contributed by atoms with Crippen LogP contribution in [-0.4, -0.2) is 48.8 Å². The van der Waals surface area contributed by atoms with Gasteiger partial charge in [-0.15, -0.1) is 11.3 Å². The Morgan fingerprint density at radius 3 is 2.59 bits per heavy atom. The van der Waals surface area contributed by atoms with Gasteiger partial charge in [-0.3, -0.25) is 14.2 Å². The number of nitrogens with zero attached hydrogens (tertiary/aromatic N) is 3. The van der Waals surface area contributed by atoms with Gasteiger partial charge >= 0.3 is 0 Å². The molecule has 162 valence electrons. The van der Waals surface area contributed by atoms with Crippen molar-refractivity contribution in [1.82, 2.24) is 9.47 Å². The molecule has 7 nitrogen and oxygen atoms in total. The Bertz CT molecular complexity index is 1350. The number of thiazole rings is 1. The number of hydrogen-bond acceptors (Lipinski definition) is 6. The molecule has 0 aliphatic carbocycles. The summed E-state index contributed by atoms with van der Waals surface area (Å²) in [4.78, 5) is 28.2. The van der Waals surface area contributed by atoms with E-state index in [9.17, 15) is 14.9 Å². The third-order valence-electron chi connectivity index (χ3n) is 5.07. The van der Waals surface area contributed by atoms with Crippen LogP contribution in [0.4, 0.5) is 0 Å². The maximum Gasteiger partial charge on any atom is 0.273 e. The molecular formula is C24H21N3O4S. The van der Waals surface area contributed by atoms with Crippen LogP contribution in [0.2, 0.25) is 0 Å². The van der Waals surface area contributed by atoms with Crippen molar-refractivity contribution in [2.45, 2.75) is 0 Å². The van der Waals surface area contributed by atoms with E-state index in [1.165, 1.54) is 4.57 Å². The maximum absolute atomic E-state index is 13.4. The number of hydrogen-bond donors (Lipinski definition) is 0. The smallest absolute Gasteiger partial charge is 0.273 e. The predicted molar refractivity (Wildman–Crippen MR) is 122 cm³/mol. The largest absolute Gasteiger partial charge is 0.497 e. The molecule has 0 unspecified atom stereocenters. The second-order valence-corrected chi connectivity index (χ2v) is 8.09. The standard InChI is InChI=1S/C24H21N3O4S/c1-30-19-9-5-6-17(14-19)15-21-23(29)27(18-7-3-2-4-8-18)24(32-21)20(16-25)22(28)26-10-12-31-13-11-26/h2-9,14-15H,10-13H2,1H3/b21-15-,24-20-. The predicted octanol–water partition coefficient (Wildman–Crippen LogP) is 1.27. The summed E-state index contributed by atoms with van der Waals surface area (Å²) < 4.78 is 12.8. The number of ether oxygens (including phenoxy) is 2. The van der Waals surface area contributed by atoms with Gasteiger partial charge in [0.15, 0.2) is 5.57 Å². The summed E-state index contributed by atoms with van der Waals surface area (Å²) in [5.74, 6) is 0.278. The van der Waals surface area contributed by atoms with E-state index in [0.717, 1.165) is 16.9 Å². The van der Waals surface area contributed by atoms with Crippen LogP contribution in [0.15, 0.2) is 59.4 Å². The second-order valence-electron chi connectivity index (χ2n) is 7.06. The molecule has 2 aromatic carbocycles. The van der Waals surface area contributed by atoms with Crippen molar-refractivity contribution in [3.05, 3.63) is 79.7 Å². The Kier molecular flexibility index (Phi) is 6.50. The molecule has 1 amide bonds. The highest BCUT2D eigenvalue weighted by molar-refractivity contribution is 7.07. The Labute approximate surface area is 188 Å². The average Bonchev–Trinajstić information content (AvgIpc) is 3.16. The molecule has 0 N–H and O–H groups in total. The second kappa shape index (κ2) is 9.64. The van der Waals surface area contributed by atoms with Crippen LogP contribution in [-0.2, 0) is 9.53 Å². The van der Waals surface area contributed by atoms with Crippen LogP contribution < -0.4 is 19.5 Å². The summed E-state index contributed by atoms with van der Waals surface area (Å²) in [6.07, 6.45) is 1.74. The summed E-state index contributed by atoms with van der Waals surface area (Å²) in [5, 5.41) is 9.91. The topological polar surface area (TPSA) is 84.6 Å². The van der Waals surface area contributed by atoms with Crippen molar-refractivity contribution < 1.29 is 14.3 Å². The molecule has 1 aliphatic rings. The molecule has 1 fully saturated rings. The van der Waals surface area contributed by atoms with Crippen LogP contribution in [0.5, 0.6) is 5.75 Å². The average molecular weight is 448 g/mol. The van der Waals surface area contributed by atoms with E-state index in [1.54, 1.807) is 30.2 Å². The lowest BCUT2D eigenvalue weighted by Gasteiger charge is -2.26. The minimum atomic E-state index is -0.394. The van der Waals surface area contributed by atoms with E-state index >= 15 is 0 Å². The molecule has 2 heterocycles. The fourth-order valence-corrected chi connectivity index (χ4v) is 4.55. The van der Waals surface area contributed by atoms with Gasteiger partial charge in [-0.25, -0.2) is 0 Å². The van der Waals surface area contributed by atoms with E-state index in [2.05, 4.69) is 0 Å². The lowest BCUT2D eigenvalue weighted by molar-refractivity contribution is -0.128. The maximum atomic E-state index is 13.4. The van der Waals surface area contributed by atoms with Gasteiger partial charge in [0, 0.05) is 13.1 Å². The number of methoxy groups -OCH3 is 1. The fourth-order valence-electron chi connectivity index (χ4n) is 3.46. The summed E-state index contributed by atoms with van der Waals surface area (Å²) in [6, 6.07) is 18.4. The highest BCUT2D eigenvalue weighted by atomic mass is 32.1. The first-order chi connectivity index (χ1) is 15.6.